The van der Waals surface area contributed by atoms with Crippen LogP contribution < -0.4 is 10.9 Å². The van der Waals surface area contributed by atoms with Crippen molar-refractivity contribution >= 4 is 40.5 Å². The van der Waals surface area contributed by atoms with Gasteiger partial charge in [0.05, 0.1) is 35.4 Å². The molecule has 1 unspecified atom stereocenters. The number of carbonyl (C=O) groups excluding carboxylic acids is 4. The molecule has 0 spiro atoms. The number of benzene rings is 1. The summed E-state index contributed by atoms with van der Waals surface area (Å²) in [5, 5.41) is 12.5. The van der Waals surface area contributed by atoms with E-state index in [4.69, 9.17) is 14.5 Å². The second kappa shape index (κ2) is 10.6. The topological polar surface area (TPSA) is 171 Å². The van der Waals surface area contributed by atoms with Crippen LogP contribution >= 0.6 is 0 Å². The number of pyridine rings is 2. The van der Waals surface area contributed by atoms with Crippen LogP contribution in [0.4, 0.5) is 0 Å². The molecule has 0 aliphatic carbocycles. The smallest absolute Gasteiger partial charge is 0.355 e. The van der Waals surface area contributed by atoms with E-state index in [1.165, 1.54) is 11.5 Å². The fourth-order valence-electron chi connectivity index (χ4n) is 5.25. The Bertz CT molecular complexity index is 1690. The summed E-state index contributed by atoms with van der Waals surface area (Å²) in [5.74, 6) is -4.51. The van der Waals surface area contributed by atoms with Gasteiger partial charge in [0.15, 0.2) is 0 Å². The van der Waals surface area contributed by atoms with Gasteiger partial charge in [0, 0.05) is 29.4 Å². The highest BCUT2D eigenvalue weighted by molar-refractivity contribution is 5.93. The van der Waals surface area contributed by atoms with E-state index in [0.29, 0.717) is 11.4 Å². The number of aliphatic carboxylic acids is 1. The Kier molecular flexibility index (Phi) is 7.16. The first-order chi connectivity index (χ1) is 19.5. The van der Waals surface area contributed by atoms with Crippen LogP contribution in [-0.4, -0.2) is 50.3 Å². The minimum Gasteiger partial charge on any atom is -0.481 e. The molecule has 0 radical (unpaired) electrons. The van der Waals surface area contributed by atoms with Crippen molar-refractivity contribution < 1.29 is 38.6 Å². The molecule has 212 valence electrons. The highest BCUT2D eigenvalue weighted by Gasteiger charge is 2.51. The SMILES string of the molecule is CC[C@@]1(OC(=O)C(CC(=O)O)NC(=O)CCC(C)=O)C(=O)OCc2c1cc1n(c2=O)Cc2cc3ccccc3nc2-1. The quantitative estimate of drug-likeness (QED) is 0.288. The highest BCUT2D eigenvalue weighted by atomic mass is 16.6. The van der Waals surface area contributed by atoms with Gasteiger partial charge in [-0.2, -0.15) is 0 Å². The number of carboxylic acid groups (broad SMARTS) is 1. The lowest BCUT2D eigenvalue weighted by atomic mass is 9.85. The molecule has 1 amide bonds. The van der Waals surface area contributed by atoms with E-state index in [9.17, 15) is 33.9 Å². The van der Waals surface area contributed by atoms with E-state index in [2.05, 4.69) is 5.32 Å². The maximum absolute atomic E-state index is 13.7. The zero-order valence-electron chi connectivity index (χ0n) is 22.4. The molecule has 0 bridgehead atoms. The van der Waals surface area contributed by atoms with Gasteiger partial charge in [-0.3, -0.25) is 14.4 Å². The fraction of sp³-hybridized carbons (Fsp3) is 0.345. The lowest BCUT2D eigenvalue weighted by Crippen LogP contribution is -2.51. The zero-order valence-corrected chi connectivity index (χ0v) is 22.4. The predicted octanol–water partition coefficient (Wildman–Crippen LogP) is 1.96. The third kappa shape index (κ3) is 4.96. The first kappa shape index (κ1) is 27.7. The summed E-state index contributed by atoms with van der Waals surface area (Å²) in [7, 11) is 0. The first-order valence-electron chi connectivity index (χ1n) is 13.1. The number of amides is 1. The van der Waals surface area contributed by atoms with Crippen molar-refractivity contribution in [3.8, 4) is 11.4 Å². The number of nitrogens with one attached hydrogen (secondary N) is 1. The molecule has 2 atom stereocenters. The van der Waals surface area contributed by atoms with E-state index < -0.39 is 47.4 Å². The number of nitrogens with zero attached hydrogens (tertiary/aromatic N) is 2. The maximum Gasteiger partial charge on any atom is 0.355 e. The number of carbonyl (C=O) groups is 5. The summed E-state index contributed by atoms with van der Waals surface area (Å²) in [5.41, 5.74) is 0.276. The van der Waals surface area contributed by atoms with Crippen molar-refractivity contribution in [1.29, 1.82) is 0 Å². The van der Waals surface area contributed by atoms with Gasteiger partial charge in [-0.25, -0.2) is 14.6 Å². The molecular weight excluding hydrogens is 534 g/mol. The molecular formula is C29H27N3O9. The summed E-state index contributed by atoms with van der Waals surface area (Å²) < 4.78 is 12.5. The Balaban J connectivity index is 1.55. The Hall–Kier alpha value is -4.87. The van der Waals surface area contributed by atoms with Gasteiger partial charge >= 0.3 is 17.9 Å². The number of carboxylic acids is 1. The molecule has 12 nitrogen and oxygen atoms in total. The average Bonchev–Trinajstić information content (AvgIpc) is 3.29. The van der Waals surface area contributed by atoms with E-state index in [1.807, 2.05) is 30.3 Å². The summed E-state index contributed by atoms with van der Waals surface area (Å²) in [6.45, 7) is 2.78. The lowest BCUT2D eigenvalue weighted by Gasteiger charge is -2.36. The number of fused-ring (bicyclic) bond motifs is 5. The number of rotatable bonds is 9. The Morgan fingerprint density at radius 1 is 1.17 bits per heavy atom. The summed E-state index contributed by atoms with van der Waals surface area (Å²) in [4.78, 5) is 80.0. The predicted molar refractivity (Wildman–Crippen MR) is 142 cm³/mol. The molecule has 41 heavy (non-hydrogen) atoms. The van der Waals surface area contributed by atoms with E-state index in [0.717, 1.165) is 16.5 Å². The van der Waals surface area contributed by atoms with Crippen LogP contribution in [0.25, 0.3) is 22.3 Å². The number of Topliss-reactive ketones (excluding diaryl/α,β-unsaturated/α-hetero) is 1. The number of hydrogen-bond acceptors (Lipinski definition) is 9. The molecule has 4 heterocycles. The highest BCUT2D eigenvalue weighted by Crippen LogP contribution is 2.41. The van der Waals surface area contributed by atoms with E-state index in [-0.39, 0.29) is 49.3 Å². The van der Waals surface area contributed by atoms with Gasteiger partial charge in [-0.05, 0) is 31.5 Å². The Morgan fingerprint density at radius 3 is 2.63 bits per heavy atom. The molecule has 0 saturated heterocycles. The van der Waals surface area contributed by atoms with Crippen molar-refractivity contribution in [3.05, 3.63) is 63.4 Å². The second-order valence-electron chi connectivity index (χ2n) is 10.1. The molecule has 0 saturated carbocycles. The largest absolute Gasteiger partial charge is 0.481 e. The van der Waals surface area contributed by atoms with Crippen molar-refractivity contribution in [3.63, 3.8) is 0 Å². The number of aromatic nitrogens is 2. The number of ether oxygens (including phenoxy) is 2. The minimum absolute atomic E-state index is 0.0981. The van der Waals surface area contributed by atoms with Crippen molar-refractivity contribution in [2.75, 3.05) is 0 Å². The molecule has 2 N–H and O–H groups in total. The van der Waals surface area contributed by atoms with Crippen LogP contribution in [0.2, 0.25) is 0 Å². The van der Waals surface area contributed by atoms with E-state index >= 15 is 0 Å². The summed E-state index contributed by atoms with van der Waals surface area (Å²) >= 11 is 0. The summed E-state index contributed by atoms with van der Waals surface area (Å²) in [6.07, 6.45) is -1.32. The normalized spacial score (nSPS) is 17.6. The Labute approximate surface area is 233 Å². The van der Waals surface area contributed by atoms with Gasteiger partial charge in [-0.15, -0.1) is 0 Å². The van der Waals surface area contributed by atoms with Gasteiger partial charge in [0.1, 0.15) is 18.4 Å². The summed E-state index contributed by atoms with van der Waals surface area (Å²) in [6, 6.07) is 9.39. The lowest BCUT2D eigenvalue weighted by molar-refractivity contribution is -0.191. The third-order valence-electron chi connectivity index (χ3n) is 7.36. The van der Waals surface area contributed by atoms with Crippen LogP contribution in [-0.2, 0) is 52.2 Å². The van der Waals surface area contributed by atoms with Gasteiger partial charge in [0.2, 0.25) is 11.5 Å². The molecule has 2 aromatic heterocycles. The van der Waals surface area contributed by atoms with Crippen LogP contribution in [0.5, 0.6) is 0 Å². The Morgan fingerprint density at radius 2 is 1.93 bits per heavy atom. The van der Waals surface area contributed by atoms with Crippen LogP contribution in [0.15, 0.2) is 41.2 Å². The number of esters is 2. The molecule has 5 rings (SSSR count). The zero-order chi connectivity index (χ0) is 29.5. The molecule has 1 aromatic carbocycles. The second-order valence-corrected chi connectivity index (χ2v) is 10.1. The van der Waals surface area contributed by atoms with Gasteiger partial charge in [-0.1, -0.05) is 25.1 Å². The fourth-order valence-corrected chi connectivity index (χ4v) is 5.25. The number of ketones is 1. The monoisotopic (exact) mass is 561 g/mol. The minimum atomic E-state index is -2.07. The van der Waals surface area contributed by atoms with E-state index in [1.54, 1.807) is 13.0 Å². The van der Waals surface area contributed by atoms with Crippen molar-refractivity contribution in [1.82, 2.24) is 14.9 Å². The van der Waals surface area contributed by atoms with Crippen molar-refractivity contribution in [2.24, 2.45) is 0 Å². The number of cyclic esters (lactones) is 1. The number of para-hydroxylation sites is 1. The third-order valence-corrected chi connectivity index (χ3v) is 7.36. The maximum atomic E-state index is 13.7. The van der Waals surface area contributed by atoms with Gasteiger partial charge in [0.25, 0.3) is 5.56 Å². The standard InChI is InChI=1S/C29H27N3O9/c1-3-29(41-27(38)21(12-24(35)36)30-23(34)9-8-15(2)33)19-11-22-25-17(10-16-6-4-5-7-20(16)31-25)13-32(22)26(37)18(19)14-40-28(29)39/h4-7,10-11,21H,3,8-9,12-14H2,1-2H3,(H,30,34)(H,35,36)/t21?,29-/m0/s1. The molecule has 0 fully saturated rings. The number of hydrogen-bond donors (Lipinski definition) is 2. The van der Waals surface area contributed by atoms with Crippen LogP contribution in [0.3, 0.4) is 0 Å². The van der Waals surface area contributed by atoms with Crippen molar-refractivity contribution in [2.45, 2.75) is 64.3 Å². The first-order valence-corrected chi connectivity index (χ1v) is 13.1. The van der Waals surface area contributed by atoms with Crippen LogP contribution in [0.1, 0.15) is 56.2 Å². The molecule has 3 aromatic rings. The van der Waals surface area contributed by atoms with Gasteiger partial charge < -0.3 is 29.3 Å². The molecule has 12 heteroatoms. The average molecular weight is 562 g/mol. The van der Waals surface area contributed by atoms with Crippen LogP contribution in [0, 0.1) is 0 Å². The molecule has 2 aliphatic rings. The molecule has 2 aliphatic heterocycles.